The van der Waals surface area contributed by atoms with Crippen molar-refractivity contribution in [2.45, 2.75) is 52.4 Å². The van der Waals surface area contributed by atoms with E-state index < -0.39 is 5.97 Å². The Balaban J connectivity index is -0.000000529. The number of aliphatic carboxylic acids is 1. The smallest absolute Gasteiger partial charge is 0.303 e. The van der Waals surface area contributed by atoms with Crippen molar-refractivity contribution in [3.8, 4) is 24.7 Å². The molecule has 37 heavy (non-hydrogen) atoms. The molecule has 0 atom stereocenters. The van der Waals surface area contributed by atoms with Crippen LogP contribution in [0.4, 0.5) is 0 Å². The minimum absolute atomic E-state index is 0.292. The number of terminal acetylenes is 2. The number of carboxylic acids is 1. The number of rotatable bonds is 24. The van der Waals surface area contributed by atoms with Crippen LogP contribution in [0.2, 0.25) is 0 Å². The molecule has 0 aliphatic heterocycles. The van der Waals surface area contributed by atoms with Gasteiger partial charge in [0.25, 0.3) is 0 Å². The van der Waals surface area contributed by atoms with Crippen molar-refractivity contribution in [1.82, 2.24) is 0 Å². The van der Waals surface area contributed by atoms with E-state index in [-0.39, 0.29) is 0 Å². The molecule has 0 saturated heterocycles. The third-order valence-corrected chi connectivity index (χ3v) is 3.86. The van der Waals surface area contributed by atoms with Gasteiger partial charge in [-0.25, -0.2) is 0 Å². The highest BCUT2D eigenvalue weighted by Crippen LogP contribution is 1.98. The topological polar surface area (TPSA) is 136 Å². The van der Waals surface area contributed by atoms with Crippen LogP contribution in [-0.4, -0.2) is 103 Å². The zero-order valence-corrected chi connectivity index (χ0v) is 22.9. The fraction of sp³-hybridized carbons (Fsp3) is 0.778. The summed E-state index contributed by atoms with van der Waals surface area (Å²) in [7, 11) is 0. The van der Waals surface area contributed by atoms with Crippen molar-refractivity contribution in [2.24, 2.45) is 5.73 Å². The number of ether oxygens (including phenoxy) is 6. The number of carbonyl (C=O) groups is 2. The van der Waals surface area contributed by atoms with Crippen LogP contribution in [0, 0.1) is 24.7 Å². The Bertz CT molecular complexity index is 559. The normalized spacial score (nSPS) is 9.76. The van der Waals surface area contributed by atoms with Crippen LogP contribution in [0.25, 0.3) is 0 Å². The molecule has 0 rings (SSSR count). The van der Waals surface area contributed by atoms with Gasteiger partial charge >= 0.3 is 5.97 Å². The summed E-state index contributed by atoms with van der Waals surface area (Å²) in [6.07, 6.45) is 14.0. The van der Waals surface area contributed by atoms with Crippen LogP contribution in [0.1, 0.15) is 52.4 Å². The second kappa shape index (κ2) is 38.5. The summed E-state index contributed by atoms with van der Waals surface area (Å²) in [4.78, 5) is 20.8. The third-order valence-electron chi connectivity index (χ3n) is 3.86. The number of ketones is 1. The Labute approximate surface area is 223 Å². The van der Waals surface area contributed by atoms with Crippen LogP contribution in [-0.2, 0) is 38.0 Å². The molecule has 3 N–H and O–H groups in total. The quantitative estimate of drug-likeness (QED) is 0.141. The van der Waals surface area contributed by atoms with Crippen LogP contribution in [0.15, 0.2) is 0 Å². The molecule has 0 aromatic carbocycles. The molecule has 216 valence electrons. The first kappa shape index (κ1) is 39.5. The maximum atomic E-state index is 11.2. The lowest BCUT2D eigenvalue weighted by atomic mass is 10.1. The molecular formula is C27H49NO9. The van der Waals surface area contributed by atoms with E-state index in [0.717, 1.165) is 19.3 Å². The SMILES string of the molecule is C#CCOCCOCCOCCCC(=O)CCC.C#CCOCCOCCOCCN.CCCC(=O)O. The fourth-order valence-electron chi connectivity index (χ4n) is 2.21. The number of carbonyl (C=O) groups excluding carboxylic acids is 1. The number of hydrogen-bond donors (Lipinski definition) is 2. The van der Waals surface area contributed by atoms with Gasteiger partial charge in [-0.3, -0.25) is 9.59 Å². The summed E-state index contributed by atoms with van der Waals surface area (Å²) in [6, 6.07) is 0. The van der Waals surface area contributed by atoms with Crippen LogP contribution in [0.3, 0.4) is 0 Å². The average molecular weight is 532 g/mol. The Hall–Kier alpha value is -2.02. The van der Waals surface area contributed by atoms with E-state index in [1.807, 2.05) is 13.8 Å². The van der Waals surface area contributed by atoms with Gasteiger partial charge in [0.2, 0.25) is 0 Å². The third kappa shape index (κ3) is 47.7. The number of carboxylic acid groups (broad SMARTS) is 1. The molecule has 10 nitrogen and oxygen atoms in total. The van der Waals surface area contributed by atoms with E-state index in [2.05, 4.69) is 11.8 Å². The Morgan fingerprint density at radius 2 is 1.05 bits per heavy atom. The van der Waals surface area contributed by atoms with Gasteiger partial charge in [0, 0.05) is 32.4 Å². The molecule has 0 aliphatic rings. The zero-order valence-electron chi connectivity index (χ0n) is 22.9. The standard InChI is InChI=1S/C14H24O4.C9H17NO3.C4H8O2/c1-3-6-14(15)7-5-9-17-11-13-18-12-10-16-8-4-2;1-2-4-11-6-8-13-9-7-12-5-3-10;1-2-3-4(5)6/h2H,3,5-13H2,1H3;1H,3-10H2;2-3H2,1H3,(H,5,6). The van der Waals surface area contributed by atoms with Crippen molar-refractivity contribution in [2.75, 3.05) is 85.8 Å². The van der Waals surface area contributed by atoms with Gasteiger partial charge < -0.3 is 39.3 Å². The summed E-state index contributed by atoms with van der Waals surface area (Å²) in [5, 5.41) is 7.91. The Kier molecular flexibility index (Phi) is 41.1. The van der Waals surface area contributed by atoms with Crippen LogP contribution < -0.4 is 5.73 Å². The molecule has 0 aromatic heterocycles. The van der Waals surface area contributed by atoms with Crippen molar-refractivity contribution >= 4 is 11.8 Å². The summed E-state index contributed by atoms with van der Waals surface area (Å²) >= 11 is 0. The molecule has 0 fully saturated rings. The molecule has 0 radical (unpaired) electrons. The molecule has 0 saturated carbocycles. The summed E-state index contributed by atoms with van der Waals surface area (Å²) < 4.78 is 30.9. The monoisotopic (exact) mass is 531 g/mol. The lowest BCUT2D eigenvalue weighted by Crippen LogP contribution is -2.13. The maximum Gasteiger partial charge on any atom is 0.303 e. The maximum absolute atomic E-state index is 11.2. The van der Waals surface area contributed by atoms with Gasteiger partial charge in [-0.1, -0.05) is 25.7 Å². The predicted molar refractivity (Wildman–Crippen MR) is 143 cm³/mol. The van der Waals surface area contributed by atoms with Crippen molar-refractivity contribution < 1.29 is 43.1 Å². The van der Waals surface area contributed by atoms with Crippen molar-refractivity contribution in [3.05, 3.63) is 0 Å². The molecule has 0 spiro atoms. The van der Waals surface area contributed by atoms with Gasteiger partial charge in [0.15, 0.2) is 0 Å². The van der Waals surface area contributed by atoms with Gasteiger partial charge in [-0.15, -0.1) is 12.8 Å². The average Bonchev–Trinajstić information content (AvgIpc) is 2.87. The molecular weight excluding hydrogens is 482 g/mol. The number of Topliss-reactive ketones (excluding diaryl/α,β-unsaturated/α-hetero) is 1. The Morgan fingerprint density at radius 3 is 1.41 bits per heavy atom. The number of nitrogens with two attached hydrogens (primary N) is 1. The predicted octanol–water partition coefficient (Wildman–Crippen LogP) is 2.32. The molecule has 10 heteroatoms. The highest BCUT2D eigenvalue weighted by atomic mass is 16.5. The lowest BCUT2D eigenvalue weighted by molar-refractivity contribution is -0.137. The Morgan fingerprint density at radius 1 is 0.649 bits per heavy atom. The highest BCUT2D eigenvalue weighted by Gasteiger charge is 1.99. The first-order valence-electron chi connectivity index (χ1n) is 12.8. The molecule has 0 unspecified atom stereocenters. The zero-order chi connectivity index (χ0) is 28.2. The van der Waals surface area contributed by atoms with Crippen LogP contribution >= 0.6 is 0 Å². The molecule has 0 amide bonds. The highest BCUT2D eigenvalue weighted by molar-refractivity contribution is 5.78. The van der Waals surface area contributed by atoms with Gasteiger partial charge in [0.05, 0.1) is 59.5 Å². The van der Waals surface area contributed by atoms with Gasteiger partial charge in [-0.2, -0.15) is 0 Å². The molecule has 0 aromatic rings. The molecule has 0 heterocycles. The van der Waals surface area contributed by atoms with Crippen molar-refractivity contribution in [1.29, 1.82) is 0 Å². The van der Waals surface area contributed by atoms with Crippen molar-refractivity contribution in [3.63, 3.8) is 0 Å². The number of hydrogen-bond acceptors (Lipinski definition) is 9. The van der Waals surface area contributed by atoms with E-state index in [1.54, 1.807) is 0 Å². The van der Waals surface area contributed by atoms with E-state index in [4.69, 9.17) is 52.1 Å². The lowest BCUT2D eigenvalue weighted by Gasteiger charge is -2.05. The summed E-state index contributed by atoms with van der Waals surface area (Å²) in [6.45, 7) is 10.6. The van der Waals surface area contributed by atoms with Gasteiger partial charge in [-0.05, 0) is 19.3 Å². The van der Waals surface area contributed by atoms with E-state index in [0.29, 0.717) is 111 Å². The second-order valence-electron chi connectivity index (χ2n) is 7.29. The molecule has 0 aliphatic carbocycles. The minimum atomic E-state index is -0.711. The fourth-order valence-corrected chi connectivity index (χ4v) is 2.21. The molecule has 0 bridgehead atoms. The minimum Gasteiger partial charge on any atom is -0.481 e. The largest absolute Gasteiger partial charge is 0.481 e. The van der Waals surface area contributed by atoms with E-state index in [1.165, 1.54) is 0 Å². The second-order valence-corrected chi connectivity index (χ2v) is 7.29. The van der Waals surface area contributed by atoms with Gasteiger partial charge in [0.1, 0.15) is 19.0 Å². The van der Waals surface area contributed by atoms with Crippen LogP contribution in [0.5, 0.6) is 0 Å². The summed E-state index contributed by atoms with van der Waals surface area (Å²) in [5.74, 6) is 4.36. The first-order chi connectivity index (χ1) is 18.0. The van der Waals surface area contributed by atoms with E-state index in [9.17, 15) is 9.59 Å². The summed E-state index contributed by atoms with van der Waals surface area (Å²) in [5.41, 5.74) is 5.22. The first-order valence-corrected chi connectivity index (χ1v) is 12.8. The van der Waals surface area contributed by atoms with E-state index >= 15 is 0 Å².